The van der Waals surface area contributed by atoms with Gasteiger partial charge in [0.25, 0.3) is 0 Å². The Hall–Kier alpha value is -6.01. The number of pyridine rings is 6. The second-order valence-electron chi connectivity index (χ2n) is 10.4. The van der Waals surface area contributed by atoms with Crippen LogP contribution >= 0.6 is 0 Å². The van der Waals surface area contributed by atoms with Crippen LogP contribution in [0.25, 0.3) is 34.2 Å². The Labute approximate surface area is 311 Å². The van der Waals surface area contributed by atoms with E-state index in [-0.39, 0.29) is 41.3 Å². The minimum atomic E-state index is -0.511. The monoisotopic (exact) mass is 758 g/mol. The van der Waals surface area contributed by atoms with E-state index in [4.69, 9.17) is 0 Å². The smallest absolute Gasteiger partial charge is 1.00 e. The summed E-state index contributed by atoms with van der Waals surface area (Å²) in [5, 5.41) is 0. The van der Waals surface area contributed by atoms with Crippen molar-refractivity contribution in [2.75, 3.05) is 0 Å². The largest absolute Gasteiger partial charge is 2.00 e. The van der Waals surface area contributed by atoms with Crippen LogP contribution in [0.15, 0.2) is 110 Å². The summed E-state index contributed by atoms with van der Waals surface area (Å²) in [6.45, 7) is 0. The number of aromatic nitrogens is 6. The molecule has 0 unspecified atom stereocenters. The number of hydrogen-bond donors (Lipinski definition) is 0. The van der Waals surface area contributed by atoms with Crippen LogP contribution in [0.3, 0.4) is 0 Å². The molecule has 6 aromatic rings. The summed E-state index contributed by atoms with van der Waals surface area (Å²) in [5.74, 6) is -3.06. The molecular weight excluding hydrogens is 742 g/mol. The maximum absolute atomic E-state index is 11.8. The molecule has 0 aliphatic heterocycles. The van der Waals surface area contributed by atoms with E-state index >= 15 is 0 Å². The zero-order valence-electron chi connectivity index (χ0n) is 25.6. The third-order valence-electron chi connectivity index (χ3n) is 7.61. The van der Waals surface area contributed by atoms with Crippen LogP contribution in [0.1, 0.15) is 62.1 Å². The summed E-state index contributed by atoms with van der Waals surface area (Å²) >= 11 is 0. The van der Waals surface area contributed by atoms with Gasteiger partial charge < -0.3 is 24.8 Å². The van der Waals surface area contributed by atoms with Gasteiger partial charge in [-0.2, -0.15) is 0 Å². The van der Waals surface area contributed by atoms with Gasteiger partial charge in [-0.15, -0.1) is 0 Å². The molecule has 0 amide bonds. The van der Waals surface area contributed by atoms with Crippen molar-refractivity contribution >= 4 is 34.7 Å². The summed E-state index contributed by atoms with van der Waals surface area (Å²) in [4.78, 5) is 95.2. The van der Waals surface area contributed by atoms with E-state index in [9.17, 15) is 28.8 Å². The standard InChI is InChI=1S/3C12H6N2O2.2ClH.Ni/c3*15-11-7-3-1-5-13-9(7)10-8(12(11)16)4-2-6-14-10;;;/h3*1-6H;2*1H;/q;;;;;+2/p-2. The van der Waals surface area contributed by atoms with Crippen LogP contribution in [0.2, 0.25) is 0 Å². The first-order valence-electron chi connectivity index (χ1n) is 14.3. The van der Waals surface area contributed by atoms with Crippen molar-refractivity contribution in [2.24, 2.45) is 0 Å². The molecule has 0 bridgehead atoms. The van der Waals surface area contributed by atoms with Gasteiger partial charge in [0.1, 0.15) is 34.2 Å². The fourth-order valence-corrected chi connectivity index (χ4v) is 5.40. The summed E-state index contributed by atoms with van der Waals surface area (Å²) in [6.07, 6.45) is 9.50. The molecule has 0 radical (unpaired) electrons. The van der Waals surface area contributed by atoms with Crippen LogP contribution in [0.5, 0.6) is 0 Å². The normalized spacial score (nSPS) is 12.5. The zero-order chi connectivity index (χ0) is 33.4. The molecule has 3 aliphatic rings. The Bertz CT molecular complexity index is 1980. The van der Waals surface area contributed by atoms with E-state index in [1.807, 2.05) is 0 Å². The van der Waals surface area contributed by atoms with Gasteiger partial charge in [0.05, 0.1) is 33.4 Å². The van der Waals surface area contributed by atoms with Gasteiger partial charge in [0.15, 0.2) is 0 Å². The van der Waals surface area contributed by atoms with Crippen molar-refractivity contribution in [3.63, 3.8) is 0 Å². The molecule has 0 atom stereocenters. The third kappa shape index (κ3) is 6.65. The molecule has 0 N–H and O–H groups in total. The molecule has 252 valence electrons. The van der Waals surface area contributed by atoms with Gasteiger partial charge in [-0.25, -0.2) is 0 Å². The van der Waals surface area contributed by atoms with E-state index in [1.54, 1.807) is 110 Å². The SMILES string of the molecule is O=C1C(=O)c2cccnc2-c2ncccc21.O=C1C(=O)c2cccnc2-c2ncccc21.O=C1C(=O)c2cccnc2-c2ncccc21.[Cl-].[Cl-].[Ni+2]. The van der Waals surface area contributed by atoms with E-state index < -0.39 is 34.7 Å². The predicted octanol–water partition coefficient (Wildman–Crippen LogP) is -1.43. The Morgan fingerprint density at radius 3 is 0.549 bits per heavy atom. The molecule has 0 saturated heterocycles. The van der Waals surface area contributed by atoms with Gasteiger partial charge >= 0.3 is 16.5 Å². The molecule has 6 heterocycles. The maximum Gasteiger partial charge on any atom is 2.00 e. The van der Waals surface area contributed by atoms with Gasteiger partial charge in [-0.05, 0) is 72.8 Å². The number of nitrogens with zero attached hydrogens (tertiary/aromatic N) is 6. The number of Topliss-reactive ketones (excluding diaryl/α,β-unsaturated/α-hetero) is 6. The van der Waals surface area contributed by atoms with Crippen molar-refractivity contribution < 1.29 is 70.1 Å². The molecule has 0 spiro atoms. The number of hydrogen-bond acceptors (Lipinski definition) is 12. The second-order valence-corrected chi connectivity index (χ2v) is 10.4. The average molecular weight is 760 g/mol. The molecule has 51 heavy (non-hydrogen) atoms. The summed E-state index contributed by atoms with van der Waals surface area (Å²) < 4.78 is 0. The first-order chi connectivity index (χ1) is 23.4. The fourth-order valence-electron chi connectivity index (χ4n) is 5.40. The first kappa shape index (κ1) is 37.8. The third-order valence-corrected chi connectivity index (χ3v) is 7.61. The molecule has 0 aromatic carbocycles. The maximum atomic E-state index is 11.8. The molecule has 15 heteroatoms. The van der Waals surface area contributed by atoms with Crippen molar-refractivity contribution in [3.05, 3.63) is 143 Å². The number of rotatable bonds is 0. The Morgan fingerprint density at radius 1 is 0.275 bits per heavy atom. The van der Waals surface area contributed by atoms with Crippen LogP contribution in [0.4, 0.5) is 0 Å². The fraction of sp³-hybridized carbons (Fsp3) is 0. The topological polar surface area (TPSA) is 180 Å². The van der Waals surface area contributed by atoms with E-state index in [2.05, 4.69) is 29.9 Å². The van der Waals surface area contributed by atoms with E-state index in [0.29, 0.717) is 67.5 Å². The average Bonchev–Trinajstić information content (AvgIpc) is 3.15. The van der Waals surface area contributed by atoms with Gasteiger partial charge in [0, 0.05) is 37.2 Å². The first-order valence-corrected chi connectivity index (χ1v) is 14.3. The quantitative estimate of drug-likeness (QED) is 0.131. The summed E-state index contributed by atoms with van der Waals surface area (Å²) in [7, 11) is 0. The van der Waals surface area contributed by atoms with Gasteiger partial charge in [-0.3, -0.25) is 58.7 Å². The number of carbonyl (C=O) groups is 6. The molecule has 0 saturated carbocycles. The predicted molar refractivity (Wildman–Crippen MR) is 168 cm³/mol. The van der Waals surface area contributed by atoms with Crippen molar-refractivity contribution in [1.29, 1.82) is 0 Å². The van der Waals surface area contributed by atoms with Crippen LogP contribution in [0, 0.1) is 0 Å². The van der Waals surface area contributed by atoms with E-state index in [1.165, 1.54) is 0 Å². The molecular formula is C36H18Cl2N6NiO6. The number of carbonyl (C=O) groups excluding carboxylic acids is 6. The molecule has 9 rings (SSSR count). The zero-order valence-corrected chi connectivity index (χ0v) is 28.1. The summed E-state index contributed by atoms with van der Waals surface area (Å²) in [5.41, 5.74) is 4.92. The molecule has 12 nitrogen and oxygen atoms in total. The molecule has 0 fully saturated rings. The van der Waals surface area contributed by atoms with E-state index in [0.717, 1.165) is 0 Å². The van der Waals surface area contributed by atoms with Gasteiger partial charge in [0.2, 0.25) is 34.7 Å². The minimum absolute atomic E-state index is 0. The Kier molecular flexibility index (Phi) is 11.6. The van der Waals surface area contributed by atoms with Crippen LogP contribution in [-0.4, -0.2) is 64.6 Å². The number of halogens is 2. The molecule has 6 aromatic heterocycles. The van der Waals surface area contributed by atoms with Crippen LogP contribution < -0.4 is 24.8 Å². The summed E-state index contributed by atoms with van der Waals surface area (Å²) in [6, 6.07) is 19.4. The van der Waals surface area contributed by atoms with Crippen molar-refractivity contribution in [1.82, 2.24) is 29.9 Å². The Balaban J connectivity index is 0.000000167. The van der Waals surface area contributed by atoms with Crippen molar-refractivity contribution in [3.8, 4) is 34.2 Å². The second kappa shape index (κ2) is 15.7. The van der Waals surface area contributed by atoms with Gasteiger partial charge in [-0.1, -0.05) is 0 Å². The Morgan fingerprint density at radius 2 is 0.412 bits per heavy atom. The van der Waals surface area contributed by atoms with Crippen molar-refractivity contribution in [2.45, 2.75) is 0 Å². The number of fused-ring (bicyclic) bond motifs is 9. The molecule has 3 aliphatic carbocycles. The minimum Gasteiger partial charge on any atom is -1.00 e. The number of ketones is 6. The van der Waals surface area contributed by atoms with Crippen LogP contribution in [-0.2, 0) is 16.5 Å².